The fourth-order valence-corrected chi connectivity index (χ4v) is 3.52. The summed E-state index contributed by atoms with van der Waals surface area (Å²) >= 11 is 1.37. The van der Waals surface area contributed by atoms with Crippen LogP contribution in [0.3, 0.4) is 0 Å². The van der Waals surface area contributed by atoms with Gasteiger partial charge in [0, 0.05) is 17.9 Å². The molecule has 0 saturated heterocycles. The highest BCUT2D eigenvalue weighted by molar-refractivity contribution is 7.14. The first-order valence-electron chi connectivity index (χ1n) is 9.26. The third-order valence-electron chi connectivity index (χ3n) is 4.22. The summed E-state index contributed by atoms with van der Waals surface area (Å²) in [6.45, 7) is 3.80. The second kappa shape index (κ2) is 9.95. The van der Waals surface area contributed by atoms with Crippen LogP contribution in [0.5, 0.6) is 0 Å². The maximum absolute atomic E-state index is 12.1. The minimum absolute atomic E-state index is 0.0282. The number of hydrogen-bond acceptors (Lipinski definition) is 5. The van der Waals surface area contributed by atoms with Gasteiger partial charge in [0.25, 0.3) is 5.91 Å². The fraction of sp³-hybridized carbons (Fsp3) is 0.227. The maximum atomic E-state index is 12.1. The van der Waals surface area contributed by atoms with Gasteiger partial charge in [-0.05, 0) is 18.1 Å². The minimum Gasteiger partial charge on any atom is -0.367 e. The smallest absolute Gasteiger partial charge is 0.252 e. The Labute approximate surface area is 173 Å². The summed E-state index contributed by atoms with van der Waals surface area (Å²) in [7, 11) is 0. The third-order valence-corrected chi connectivity index (χ3v) is 4.98. The molecule has 0 bridgehead atoms. The number of carbonyl (C=O) groups excluding carboxylic acids is 2. The van der Waals surface area contributed by atoms with Crippen LogP contribution in [0, 0.1) is 0 Å². The number of benzene rings is 2. The number of aromatic nitrogens is 1. The summed E-state index contributed by atoms with van der Waals surface area (Å²) in [5.41, 5.74) is 3.77. The number of rotatable bonds is 8. The highest BCUT2D eigenvalue weighted by Crippen LogP contribution is 2.26. The van der Waals surface area contributed by atoms with Crippen molar-refractivity contribution in [2.75, 3.05) is 11.9 Å². The van der Waals surface area contributed by atoms with E-state index in [9.17, 15) is 9.59 Å². The second-order valence-corrected chi connectivity index (χ2v) is 7.47. The lowest BCUT2D eigenvalue weighted by Crippen LogP contribution is -2.23. The SMILES string of the molecule is CC(=O)NC(C)c1ccc(-c2csc(NC(=O)COCc3ccccc3)n2)cc1. The van der Waals surface area contributed by atoms with Gasteiger partial charge in [-0.25, -0.2) is 4.98 Å². The van der Waals surface area contributed by atoms with Crippen LogP contribution in [0.4, 0.5) is 5.13 Å². The van der Waals surface area contributed by atoms with Gasteiger partial charge >= 0.3 is 0 Å². The molecular weight excluding hydrogens is 386 g/mol. The predicted octanol–water partition coefficient (Wildman–Crippen LogP) is 4.16. The molecule has 3 rings (SSSR count). The molecular formula is C22H23N3O3S. The van der Waals surface area contributed by atoms with Crippen molar-refractivity contribution in [3.8, 4) is 11.3 Å². The van der Waals surface area contributed by atoms with Crippen LogP contribution in [0.15, 0.2) is 60.0 Å². The summed E-state index contributed by atoms with van der Waals surface area (Å²) in [6, 6.07) is 17.5. The van der Waals surface area contributed by atoms with Crippen LogP contribution in [0.2, 0.25) is 0 Å². The highest BCUT2D eigenvalue weighted by atomic mass is 32.1. The first-order valence-corrected chi connectivity index (χ1v) is 10.1. The van der Waals surface area contributed by atoms with Crippen LogP contribution in [0.1, 0.15) is 31.0 Å². The molecule has 3 aromatic rings. The highest BCUT2D eigenvalue weighted by Gasteiger charge is 2.10. The van der Waals surface area contributed by atoms with Gasteiger partial charge in [0.1, 0.15) is 6.61 Å². The lowest BCUT2D eigenvalue weighted by Gasteiger charge is -2.13. The van der Waals surface area contributed by atoms with E-state index in [2.05, 4.69) is 15.6 Å². The molecule has 2 N–H and O–H groups in total. The molecule has 0 spiro atoms. The minimum atomic E-state index is -0.235. The predicted molar refractivity (Wildman–Crippen MR) is 115 cm³/mol. The lowest BCUT2D eigenvalue weighted by atomic mass is 10.1. The molecule has 1 unspecified atom stereocenters. The van der Waals surface area contributed by atoms with Gasteiger partial charge in [-0.15, -0.1) is 11.3 Å². The van der Waals surface area contributed by atoms with Crippen LogP contribution in [0.25, 0.3) is 11.3 Å². The Morgan fingerprint density at radius 1 is 1.10 bits per heavy atom. The van der Waals surface area contributed by atoms with E-state index in [0.717, 1.165) is 22.4 Å². The van der Waals surface area contributed by atoms with E-state index in [-0.39, 0.29) is 24.5 Å². The van der Waals surface area contributed by atoms with Gasteiger partial charge in [-0.2, -0.15) is 0 Å². The van der Waals surface area contributed by atoms with E-state index in [1.807, 2.05) is 66.9 Å². The Morgan fingerprint density at radius 3 is 2.52 bits per heavy atom. The molecule has 0 aliphatic carbocycles. The Morgan fingerprint density at radius 2 is 1.83 bits per heavy atom. The summed E-state index contributed by atoms with van der Waals surface area (Å²) < 4.78 is 5.44. The molecule has 1 atom stereocenters. The zero-order chi connectivity index (χ0) is 20.6. The number of ether oxygens (including phenoxy) is 1. The van der Waals surface area contributed by atoms with Crippen molar-refractivity contribution in [3.63, 3.8) is 0 Å². The van der Waals surface area contributed by atoms with Crippen LogP contribution < -0.4 is 10.6 Å². The molecule has 0 aliphatic heterocycles. The molecule has 0 saturated carbocycles. The molecule has 1 heterocycles. The molecule has 150 valence electrons. The fourth-order valence-electron chi connectivity index (χ4n) is 2.79. The van der Waals surface area contributed by atoms with E-state index in [1.165, 1.54) is 18.3 Å². The quantitative estimate of drug-likeness (QED) is 0.585. The summed E-state index contributed by atoms with van der Waals surface area (Å²) in [5.74, 6) is -0.296. The molecule has 6 nitrogen and oxygen atoms in total. The van der Waals surface area contributed by atoms with E-state index >= 15 is 0 Å². The van der Waals surface area contributed by atoms with Crippen molar-refractivity contribution >= 4 is 28.3 Å². The van der Waals surface area contributed by atoms with Gasteiger partial charge in [-0.1, -0.05) is 54.6 Å². The zero-order valence-electron chi connectivity index (χ0n) is 16.3. The van der Waals surface area contributed by atoms with Crippen molar-refractivity contribution in [3.05, 3.63) is 71.1 Å². The van der Waals surface area contributed by atoms with E-state index in [0.29, 0.717) is 11.7 Å². The van der Waals surface area contributed by atoms with Crippen molar-refractivity contribution < 1.29 is 14.3 Å². The van der Waals surface area contributed by atoms with Gasteiger partial charge in [-0.3, -0.25) is 14.9 Å². The molecule has 29 heavy (non-hydrogen) atoms. The van der Waals surface area contributed by atoms with E-state index in [4.69, 9.17) is 4.74 Å². The van der Waals surface area contributed by atoms with Gasteiger partial charge < -0.3 is 10.1 Å². The molecule has 0 aliphatic rings. The van der Waals surface area contributed by atoms with Crippen LogP contribution in [-0.4, -0.2) is 23.4 Å². The van der Waals surface area contributed by atoms with Crippen molar-refractivity contribution in [2.24, 2.45) is 0 Å². The third kappa shape index (κ3) is 6.23. The maximum Gasteiger partial charge on any atom is 0.252 e. The summed E-state index contributed by atoms with van der Waals surface area (Å²) in [4.78, 5) is 27.7. The number of anilines is 1. The van der Waals surface area contributed by atoms with Crippen LogP contribution in [-0.2, 0) is 20.9 Å². The monoisotopic (exact) mass is 409 g/mol. The van der Waals surface area contributed by atoms with Gasteiger partial charge in [0.2, 0.25) is 5.91 Å². The molecule has 0 radical (unpaired) electrons. The Hall–Kier alpha value is -3.03. The molecule has 0 fully saturated rings. The first kappa shape index (κ1) is 20.7. The normalized spacial score (nSPS) is 11.7. The van der Waals surface area contributed by atoms with Gasteiger partial charge in [0.15, 0.2) is 5.13 Å². The van der Waals surface area contributed by atoms with E-state index < -0.39 is 0 Å². The average Bonchev–Trinajstić information content (AvgIpc) is 3.17. The number of thiazole rings is 1. The lowest BCUT2D eigenvalue weighted by molar-refractivity contribution is -0.121. The summed E-state index contributed by atoms with van der Waals surface area (Å²) in [5, 5.41) is 8.05. The molecule has 1 aromatic heterocycles. The second-order valence-electron chi connectivity index (χ2n) is 6.61. The van der Waals surface area contributed by atoms with Crippen LogP contribution >= 0.6 is 11.3 Å². The van der Waals surface area contributed by atoms with E-state index in [1.54, 1.807) is 0 Å². The first-order chi connectivity index (χ1) is 14.0. The largest absolute Gasteiger partial charge is 0.367 e. The van der Waals surface area contributed by atoms with Crippen molar-refractivity contribution in [2.45, 2.75) is 26.5 Å². The number of amides is 2. The Balaban J connectivity index is 1.52. The molecule has 7 heteroatoms. The molecule has 2 amide bonds. The van der Waals surface area contributed by atoms with Crippen molar-refractivity contribution in [1.82, 2.24) is 10.3 Å². The number of carbonyl (C=O) groups is 2. The number of nitrogens with zero attached hydrogens (tertiary/aromatic N) is 1. The summed E-state index contributed by atoms with van der Waals surface area (Å²) in [6.07, 6.45) is 0. The Kier molecular flexibility index (Phi) is 7.10. The Bertz CT molecular complexity index is 955. The van der Waals surface area contributed by atoms with Crippen molar-refractivity contribution in [1.29, 1.82) is 0 Å². The van der Waals surface area contributed by atoms with Gasteiger partial charge in [0.05, 0.1) is 18.3 Å². The standard InChI is InChI=1S/C22H23N3O3S/c1-15(23-16(2)26)18-8-10-19(11-9-18)20-14-29-22(24-20)25-21(27)13-28-12-17-6-4-3-5-7-17/h3-11,14-15H,12-13H2,1-2H3,(H,23,26)(H,24,25,27). The number of hydrogen-bond donors (Lipinski definition) is 2. The molecule has 2 aromatic carbocycles. The topological polar surface area (TPSA) is 80.3 Å². The zero-order valence-corrected chi connectivity index (χ0v) is 17.2. The number of nitrogens with one attached hydrogen (secondary N) is 2. The average molecular weight is 410 g/mol.